The van der Waals surface area contributed by atoms with Gasteiger partial charge in [0, 0.05) is 35.2 Å². The van der Waals surface area contributed by atoms with Gasteiger partial charge in [-0.1, -0.05) is 45.8 Å². The molecular weight excluding hydrogens is 572 g/mol. The van der Waals surface area contributed by atoms with Gasteiger partial charge >= 0.3 is 0 Å². The van der Waals surface area contributed by atoms with E-state index in [4.69, 9.17) is 32.5 Å². The fraction of sp³-hybridized carbons (Fsp3) is 0.433. The second-order valence-electron chi connectivity index (χ2n) is 11.6. The Morgan fingerprint density at radius 3 is 2.67 bits per heavy atom. The van der Waals surface area contributed by atoms with Crippen molar-refractivity contribution in [2.45, 2.75) is 70.6 Å². The van der Waals surface area contributed by atoms with E-state index in [-0.39, 0.29) is 23.3 Å². The van der Waals surface area contributed by atoms with E-state index in [1.807, 2.05) is 18.2 Å². The maximum atomic E-state index is 14.7. The predicted octanol–water partition coefficient (Wildman–Crippen LogP) is 8.44. The second kappa shape index (κ2) is 9.79. The van der Waals surface area contributed by atoms with Crippen LogP contribution in [0.1, 0.15) is 73.6 Å². The van der Waals surface area contributed by atoms with Crippen LogP contribution < -0.4 is 4.90 Å². The van der Waals surface area contributed by atoms with Crippen molar-refractivity contribution in [2.75, 3.05) is 11.4 Å². The molecule has 0 unspecified atom stereocenters. The Morgan fingerprint density at radius 2 is 1.98 bits per heavy atom. The predicted molar refractivity (Wildman–Crippen MR) is 155 cm³/mol. The molecule has 3 heterocycles. The highest BCUT2D eigenvalue weighted by Gasteiger charge is 2.52. The van der Waals surface area contributed by atoms with Gasteiger partial charge in [0.25, 0.3) is 0 Å². The molecule has 2 aromatic heterocycles. The van der Waals surface area contributed by atoms with Gasteiger partial charge in [-0.15, -0.1) is 0 Å². The molecule has 1 atom stereocenters. The first-order valence-corrected chi connectivity index (χ1v) is 15.2. The number of benzene rings is 2. The van der Waals surface area contributed by atoms with Crippen molar-refractivity contribution in [2.24, 2.45) is 5.41 Å². The first kappa shape index (κ1) is 26.4. The van der Waals surface area contributed by atoms with Gasteiger partial charge in [-0.05, 0) is 75.6 Å². The molecule has 2 aliphatic carbocycles. The molecule has 7 rings (SSSR count). The Hall–Kier alpha value is -2.52. The maximum Gasteiger partial charge on any atom is 0.186 e. The van der Waals surface area contributed by atoms with Crippen LogP contribution in [-0.4, -0.2) is 34.6 Å². The third-order valence-electron chi connectivity index (χ3n) is 8.61. The highest BCUT2D eigenvalue weighted by Crippen LogP contribution is 2.54. The van der Waals surface area contributed by atoms with Crippen LogP contribution in [0.2, 0.25) is 10.0 Å². The van der Waals surface area contributed by atoms with Crippen LogP contribution in [0, 0.1) is 11.2 Å². The van der Waals surface area contributed by atoms with Crippen molar-refractivity contribution in [3.05, 3.63) is 63.1 Å². The van der Waals surface area contributed by atoms with Crippen LogP contribution >= 0.6 is 34.5 Å². The van der Waals surface area contributed by atoms with E-state index >= 15 is 0 Å². The number of rotatable bonds is 7. The summed E-state index contributed by atoms with van der Waals surface area (Å²) in [5.74, 6) is 0.669. The number of halogens is 3. The molecule has 0 radical (unpaired) electrons. The molecular formula is C30H28Cl2FN3O3S. The van der Waals surface area contributed by atoms with Gasteiger partial charge in [-0.3, -0.25) is 4.79 Å². The molecule has 3 aliphatic rings. The first-order chi connectivity index (χ1) is 19.2. The Kier molecular flexibility index (Phi) is 6.46. The lowest BCUT2D eigenvalue weighted by molar-refractivity contribution is -0.0805. The first-order valence-electron chi connectivity index (χ1n) is 13.6. The molecule has 3 fully saturated rings. The number of thiazole rings is 1. The minimum Gasteiger partial charge on any atom is -0.373 e. The molecule has 10 heteroatoms. The highest BCUT2D eigenvalue weighted by molar-refractivity contribution is 7.22. The second-order valence-corrected chi connectivity index (χ2v) is 13.4. The zero-order valence-electron chi connectivity index (χ0n) is 22.2. The standard InChI is InChI=1S/C30H28Cl2FN3O3S/c1-15-10-30(14-36(15)29-34-27-23(33)8-18(16(2)37)9-24(27)40-29)11-19(12-30)38-13-20-26(35-39-28(20)17-6-7-17)25-21(31)4-3-5-22(25)32/h3-5,8-9,15,17,19H,6-7,10-14H2,1-2H3/t15-,19?,30?/m1/s1. The summed E-state index contributed by atoms with van der Waals surface area (Å²) in [4.78, 5) is 18.7. The van der Waals surface area contributed by atoms with Gasteiger partial charge in [0.05, 0.1) is 27.5 Å². The van der Waals surface area contributed by atoms with Gasteiger partial charge in [-0.2, -0.15) is 0 Å². The van der Waals surface area contributed by atoms with E-state index < -0.39 is 5.82 Å². The summed E-state index contributed by atoms with van der Waals surface area (Å²) in [5.41, 5.74) is 3.16. The SMILES string of the molecule is CC(=O)c1cc(F)c2nc(N3CC4(CC(OCc5c(-c6c(Cl)cccc6Cl)noc5C5CC5)C4)C[C@H]3C)sc2c1. The fourth-order valence-corrected chi connectivity index (χ4v) is 8.14. The van der Waals surface area contributed by atoms with Crippen molar-refractivity contribution < 1.29 is 18.4 Å². The molecule has 2 aromatic carbocycles. The monoisotopic (exact) mass is 599 g/mol. The number of hydrogen-bond acceptors (Lipinski definition) is 7. The summed E-state index contributed by atoms with van der Waals surface area (Å²) in [5, 5.41) is 6.26. The molecule has 1 spiro atoms. The Labute approximate surface area is 245 Å². The fourth-order valence-electron chi connectivity index (χ4n) is 6.45. The van der Waals surface area contributed by atoms with Crippen molar-refractivity contribution in [1.82, 2.24) is 10.1 Å². The number of aromatic nitrogens is 2. The Balaban J connectivity index is 1.05. The minimum atomic E-state index is -0.444. The average molecular weight is 601 g/mol. The molecule has 208 valence electrons. The number of fused-ring (bicyclic) bond motifs is 1. The smallest absolute Gasteiger partial charge is 0.186 e. The maximum absolute atomic E-state index is 14.7. The topological polar surface area (TPSA) is 68.5 Å². The van der Waals surface area contributed by atoms with Gasteiger partial charge in [0.2, 0.25) is 0 Å². The van der Waals surface area contributed by atoms with E-state index in [9.17, 15) is 9.18 Å². The van der Waals surface area contributed by atoms with Gasteiger partial charge in [-0.25, -0.2) is 9.37 Å². The number of ketones is 1. The largest absolute Gasteiger partial charge is 0.373 e. The average Bonchev–Trinajstić information content (AvgIpc) is 3.34. The highest BCUT2D eigenvalue weighted by atomic mass is 35.5. The van der Waals surface area contributed by atoms with E-state index in [0.717, 1.165) is 55.1 Å². The summed E-state index contributed by atoms with van der Waals surface area (Å²) in [6, 6.07) is 8.75. The van der Waals surface area contributed by atoms with Crippen LogP contribution in [-0.2, 0) is 11.3 Å². The van der Waals surface area contributed by atoms with E-state index in [1.54, 1.807) is 6.07 Å². The quantitative estimate of drug-likeness (QED) is 0.198. The van der Waals surface area contributed by atoms with Crippen LogP contribution in [0.5, 0.6) is 0 Å². The van der Waals surface area contributed by atoms with Crippen molar-refractivity contribution in [1.29, 1.82) is 0 Å². The van der Waals surface area contributed by atoms with Gasteiger partial charge in [0.15, 0.2) is 16.7 Å². The molecule has 1 saturated heterocycles. The Morgan fingerprint density at radius 1 is 1.23 bits per heavy atom. The Bertz CT molecular complexity index is 1620. The van der Waals surface area contributed by atoms with Crippen LogP contribution in [0.25, 0.3) is 21.5 Å². The number of carbonyl (C=O) groups excluding carboxylic acids is 1. The third kappa shape index (κ3) is 4.53. The molecule has 2 saturated carbocycles. The normalized spacial score (nSPS) is 24.3. The number of anilines is 1. The van der Waals surface area contributed by atoms with E-state index in [2.05, 4.69) is 22.0 Å². The summed E-state index contributed by atoms with van der Waals surface area (Å²) in [6.07, 6.45) is 5.25. The molecule has 0 bridgehead atoms. The number of hydrogen-bond donors (Lipinski definition) is 0. The van der Waals surface area contributed by atoms with Crippen molar-refractivity contribution in [3.8, 4) is 11.3 Å². The summed E-state index contributed by atoms with van der Waals surface area (Å²) in [7, 11) is 0. The summed E-state index contributed by atoms with van der Waals surface area (Å²) >= 11 is 14.5. The molecule has 0 amide bonds. The third-order valence-corrected chi connectivity index (χ3v) is 10.3. The van der Waals surface area contributed by atoms with Crippen molar-refractivity contribution in [3.63, 3.8) is 0 Å². The summed E-state index contributed by atoms with van der Waals surface area (Å²) < 4.78 is 27.6. The minimum absolute atomic E-state index is 0.134. The van der Waals surface area contributed by atoms with Crippen LogP contribution in [0.3, 0.4) is 0 Å². The van der Waals surface area contributed by atoms with Crippen molar-refractivity contribution >= 4 is 55.7 Å². The zero-order valence-corrected chi connectivity index (χ0v) is 24.5. The number of carbonyl (C=O) groups is 1. The van der Waals surface area contributed by atoms with Gasteiger partial charge in [0.1, 0.15) is 17.0 Å². The number of nitrogens with zero attached hydrogens (tertiary/aromatic N) is 3. The lowest BCUT2D eigenvalue weighted by Crippen LogP contribution is -2.44. The van der Waals surface area contributed by atoms with E-state index in [0.29, 0.717) is 49.6 Å². The molecule has 6 nitrogen and oxygen atoms in total. The van der Waals surface area contributed by atoms with Gasteiger partial charge < -0.3 is 14.2 Å². The lowest BCUT2D eigenvalue weighted by atomic mass is 9.65. The molecule has 1 aliphatic heterocycles. The number of Topliss-reactive ketones (excluding diaryl/α,β-unsaturated/α-hetero) is 1. The number of ether oxygens (including phenoxy) is 1. The van der Waals surface area contributed by atoms with Crippen LogP contribution in [0.15, 0.2) is 34.9 Å². The van der Waals surface area contributed by atoms with Crippen LogP contribution in [0.4, 0.5) is 9.52 Å². The molecule has 4 aromatic rings. The summed E-state index contributed by atoms with van der Waals surface area (Å²) in [6.45, 7) is 4.91. The molecule has 40 heavy (non-hydrogen) atoms. The zero-order chi connectivity index (χ0) is 27.8. The lowest BCUT2D eigenvalue weighted by Gasteiger charge is -2.44. The molecule has 0 N–H and O–H groups in total. The van der Waals surface area contributed by atoms with E-state index in [1.165, 1.54) is 24.3 Å².